The molecule has 2 aromatic rings. The van der Waals surface area contributed by atoms with Crippen LogP contribution in [0.4, 0.5) is 5.69 Å². The molecule has 0 spiro atoms. The van der Waals surface area contributed by atoms with Gasteiger partial charge in [-0.25, -0.2) is 13.1 Å². The molecular weight excluding hydrogens is 388 g/mol. The van der Waals surface area contributed by atoms with Crippen LogP contribution in [0.3, 0.4) is 0 Å². The molecule has 0 unspecified atom stereocenters. The Hall–Kier alpha value is -2.09. The summed E-state index contributed by atoms with van der Waals surface area (Å²) in [5, 5.41) is 3.34. The lowest BCUT2D eigenvalue weighted by atomic mass is 10.2. The van der Waals surface area contributed by atoms with Gasteiger partial charge >= 0.3 is 0 Å². The maximum Gasteiger partial charge on any atom is 0.262 e. The number of nitrogens with one attached hydrogen (secondary N) is 2. The molecule has 1 amide bonds. The molecule has 0 radical (unpaired) electrons. The van der Waals surface area contributed by atoms with Crippen molar-refractivity contribution >= 4 is 33.2 Å². The van der Waals surface area contributed by atoms with Gasteiger partial charge < -0.3 is 10.1 Å². The largest absolute Gasteiger partial charge is 0.484 e. The molecule has 6 nitrogen and oxygen atoms in total. The van der Waals surface area contributed by atoms with Crippen molar-refractivity contribution in [3.05, 3.63) is 53.1 Å². The quantitative estimate of drug-likeness (QED) is 0.616. The number of anilines is 1. The van der Waals surface area contributed by atoms with Crippen LogP contribution in [0.2, 0.25) is 5.02 Å². The predicted molar refractivity (Wildman–Crippen MR) is 107 cm³/mol. The minimum atomic E-state index is -3.53. The molecule has 0 aliphatic rings. The first kappa shape index (κ1) is 21.2. The summed E-state index contributed by atoms with van der Waals surface area (Å²) in [5.74, 6) is 0.0869. The zero-order valence-electron chi connectivity index (χ0n) is 15.3. The Kier molecular flexibility index (Phi) is 7.65. The molecule has 2 rings (SSSR count). The standard InChI is InChI=1S/C19H23ClN2O4S/c1-3-4-11-21-27(24,25)17-8-6-16(7-9-17)26-13-19(23)22-18-10-5-15(20)12-14(18)2/h5-10,12,21H,3-4,11,13H2,1-2H3,(H,22,23). The molecule has 146 valence electrons. The van der Waals surface area contributed by atoms with Crippen molar-refractivity contribution in [2.24, 2.45) is 0 Å². The summed E-state index contributed by atoms with van der Waals surface area (Å²) in [7, 11) is -3.53. The van der Waals surface area contributed by atoms with Gasteiger partial charge in [-0.2, -0.15) is 0 Å². The highest BCUT2D eigenvalue weighted by Crippen LogP contribution is 2.20. The van der Waals surface area contributed by atoms with Gasteiger partial charge in [-0.1, -0.05) is 24.9 Å². The molecule has 0 bridgehead atoms. The number of unbranched alkanes of at least 4 members (excludes halogenated alkanes) is 1. The normalized spacial score (nSPS) is 11.2. The van der Waals surface area contributed by atoms with E-state index in [2.05, 4.69) is 10.0 Å². The fourth-order valence-electron chi connectivity index (χ4n) is 2.28. The van der Waals surface area contributed by atoms with Gasteiger partial charge in [-0.3, -0.25) is 4.79 Å². The molecule has 0 fully saturated rings. The third-order valence-corrected chi connectivity index (χ3v) is 5.50. The van der Waals surface area contributed by atoms with Crippen LogP contribution in [-0.2, 0) is 14.8 Å². The van der Waals surface area contributed by atoms with Crippen LogP contribution in [0.5, 0.6) is 5.75 Å². The molecule has 0 aliphatic heterocycles. The van der Waals surface area contributed by atoms with Crippen molar-refractivity contribution in [2.75, 3.05) is 18.5 Å². The molecule has 2 aromatic carbocycles. The first-order chi connectivity index (χ1) is 12.8. The van der Waals surface area contributed by atoms with Gasteiger partial charge in [0, 0.05) is 17.3 Å². The van der Waals surface area contributed by atoms with Crippen molar-refractivity contribution in [3.63, 3.8) is 0 Å². The van der Waals surface area contributed by atoms with Crippen LogP contribution >= 0.6 is 11.6 Å². The third kappa shape index (κ3) is 6.53. The van der Waals surface area contributed by atoms with Crippen molar-refractivity contribution in [1.29, 1.82) is 0 Å². The summed E-state index contributed by atoms with van der Waals surface area (Å²) in [5.41, 5.74) is 1.51. The minimum Gasteiger partial charge on any atom is -0.484 e. The van der Waals surface area contributed by atoms with Gasteiger partial charge in [0.1, 0.15) is 5.75 Å². The SMILES string of the molecule is CCCCNS(=O)(=O)c1ccc(OCC(=O)Nc2ccc(Cl)cc2C)cc1. The van der Waals surface area contributed by atoms with Crippen molar-refractivity contribution in [1.82, 2.24) is 4.72 Å². The third-order valence-electron chi connectivity index (χ3n) is 3.79. The molecule has 27 heavy (non-hydrogen) atoms. The highest BCUT2D eigenvalue weighted by molar-refractivity contribution is 7.89. The average Bonchev–Trinajstić information content (AvgIpc) is 2.63. The number of amides is 1. The van der Waals surface area contributed by atoms with Crippen LogP contribution in [-0.4, -0.2) is 27.5 Å². The maximum atomic E-state index is 12.1. The number of carbonyl (C=O) groups is 1. The number of hydrogen-bond donors (Lipinski definition) is 2. The second-order valence-electron chi connectivity index (χ2n) is 6.02. The van der Waals surface area contributed by atoms with Gasteiger partial charge in [-0.15, -0.1) is 0 Å². The number of hydrogen-bond acceptors (Lipinski definition) is 4. The van der Waals surface area contributed by atoms with Gasteiger partial charge in [0.05, 0.1) is 4.90 Å². The summed E-state index contributed by atoms with van der Waals surface area (Å²) >= 11 is 5.89. The first-order valence-electron chi connectivity index (χ1n) is 8.60. The summed E-state index contributed by atoms with van der Waals surface area (Å²) in [6, 6.07) is 11.1. The lowest BCUT2D eigenvalue weighted by Crippen LogP contribution is -2.24. The molecular formula is C19H23ClN2O4S. The average molecular weight is 411 g/mol. The van der Waals surface area contributed by atoms with E-state index in [0.29, 0.717) is 23.0 Å². The molecule has 2 N–H and O–H groups in total. The van der Waals surface area contributed by atoms with Crippen LogP contribution in [0.25, 0.3) is 0 Å². The number of halogens is 1. The van der Waals surface area contributed by atoms with Crippen LogP contribution in [0, 0.1) is 6.92 Å². The van der Waals surface area contributed by atoms with Gasteiger partial charge in [0.15, 0.2) is 6.61 Å². The monoisotopic (exact) mass is 410 g/mol. The van der Waals surface area contributed by atoms with E-state index in [9.17, 15) is 13.2 Å². The van der Waals surface area contributed by atoms with Crippen LogP contribution in [0.1, 0.15) is 25.3 Å². The second-order valence-corrected chi connectivity index (χ2v) is 8.22. The number of rotatable bonds is 9. The molecule has 0 aliphatic carbocycles. The van der Waals surface area contributed by atoms with E-state index in [4.69, 9.17) is 16.3 Å². The van der Waals surface area contributed by atoms with E-state index in [0.717, 1.165) is 18.4 Å². The van der Waals surface area contributed by atoms with Crippen molar-refractivity contribution in [2.45, 2.75) is 31.6 Å². The summed E-state index contributed by atoms with van der Waals surface area (Å²) < 4.78 is 32.2. The van der Waals surface area contributed by atoms with Crippen LogP contribution < -0.4 is 14.8 Å². The van der Waals surface area contributed by atoms with E-state index in [1.165, 1.54) is 24.3 Å². The summed E-state index contributed by atoms with van der Waals surface area (Å²) in [6.45, 7) is 4.05. The number of ether oxygens (including phenoxy) is 1. The van der Waals surface area contributed by atoms with Gasteiger partial charge in [0.2, 0.25) is 10.0 Å². The van der Waals surface area contributed by atoms with E-state index in [1.54, 1.807) is 18.2 Å². The smallest absolute Gasteiger partial charge is 0.262 e. The van der Waals surface area contributed by atoms with Crippen molar-refractivity contribution in [3.8, 4) is 5.75 Å². The fraction of sp³-hybridized carbons (Fsp3) is 0.316. The highest BCUT2D eigenvalue weighted by Gasteiger charge is 2.13. The topological polar surface area (TPSA) is 84.5 Å². The lowest BCUT2D eigenvalue weighted by Gasteiger charge is -2.10. The molecule has 0 saturated heterocycles. The summed E-state index contributed by atoms with van der Waals surface area (Å²) in [6.07, 6.45) is 1.69. The molecule has 0 heterocycles. The van der Waals surface area contributed by atoms with E-state index < -0.39 is 10.0 Å². The van der Waals surface area contributed by atoms with E-state index in [-0.39, 0.29) is 17.4 Å². The highest BCUT2D eigenvalue weighted by atomic mass is 35.5. The predicted octanol–water partition coefficient (Wildman–Crippen LogP) is 3.74. The van der Waals surface area contributed by atoms with Gasteiger partial charge in [0.25, 0.3) is 5.91 Å². The maximum absolute atomic E-state index is 12.1. The number of sulfonamides is 1. The molecule has 0 saturated carbocycles. The Morgan fingerprint density at radius 2 is 1.85 bits per heavy atom. The van der Waals surface area contributed by atoms with Gasteiger partial charge in [-0.05, 0) is 61.4 Å². The second kappa shape index (κ2) is 9.73. The van der Waals surface area contributed by atoms with E-state index in [1.807, 2.05) is 13.8 Å². The fourth-order valence-corrected chi connectivity index (χ4v) is 3.58. The zero-order valence-corrected chi connectivity index (χ0v) is 16.9. The zero-order chi connectivity index (χ0) is 19.9. The molecule has 0 aromatic heterocycles. The first-order valence-corrected chi connectivity index (χ1v) is 10.5. The molecule has 0 atom stereocenters. The lowest BCUT2D eigenvalue weighted by molar-refractivity contribution is -0.118. The van der Waals surface area contributed by atoms with Crippen LogP contribution in [0.15, 0.2) is 47.4 Å². The van der Waals surface area contributed by atoms with Crippen molar-refractivity contribution < 1.29 is 17.9 Å². The minimum absolute atomic E-state index is 0.159. The Balaban J connectivity index is 1.90. The van der Waals surface area contributed by atoms with E-state index >= 15 is 0 Å². The number of aryl methyl sites for hydroxylation is 1. The Bertz CT molecular complexity index is 883. The Labute approximate surface area is 164 Å². The number of carbonyl (C=O) groups excluding carboxylic acids is 1. The molecule has 8 heteroatoms. The Morgan fingerprint density at radius 1 is 1.15 bits per heavy atom. The Morgan fingerprint density at radius 3 is 2.48 bits per heavy atom. The number of benzene rings is 2. The summed E-state index contributed by atoms with van der Waals surface area (Å²) in [4.78, 5) is 12.2.